The number of piperidine rings is 1. The van der Waals surface area contributed by atoms with Crippen LogP contribution in [-0.4, -0.2) is 28.9 Å². The van der Waals surface area contributed by atoms with Crippen LogP contribution in [0.1, 0.15) is 35.0 Å². The molecule has 1 fully saturated rings. The first-order chi connectivity index (χ1) is 13.7. The van der Waals surface area contributed by atoms with Crippen LogP contribution >= 0.6 is 11.6 Å². The topological polar surface area (TPSA) is 46.3 Å². The zero-order valence-electron chi connectivity index (χ0n) is 15.3. The van der Waals surface area contributed by atoms with Gasteiger partial charge in [0.15, 0.2) is 11.5 Å². The fourth-order valence-electron chi connectivity index (χ4n) is 4.00. The van der Waals surface area contributed by atoms with Crippen LogP contribution in [0.2, 0.25) is 5.02 Å². The van der Waals surface area contributed by atoms with Crippen LogP contribution in [0, 0.1) is 0 Å². The van der Waals surface area contributed by atoms with Gasteiger partial charge in [-0.25, -0.2) is 4.98 Å². The molecule has 1 saturated heterocycles. The van der Waals surface area contributed by atoms with Crippen LogP contribution in [0.15, 0.2) is 65.1 Å². The lowest BCUT2D eigenvalue weighted by Crippen LogP contribution is -2.38. The summed E-state index contributed by atoms with van der Waals surface area (Å²) in [6.45, 7) is 1.40. The van der Waals surface area contributed by atoms with Gasteiger partial charge < -0.3 is 9.32 Å². The third-order valence-electron chi connectivity index (χ3n) is 5.52. The smallest absolute Gasteiger partial charge is 0.254 e. The van der Waals surface area contributed by atoms with Crippen molar-refractivity contribution in [2.24, 2.45) is 0 Å². The summed E-state index contributed by atoms with van der Waals surface area (Å²) >= 11 is 6.04. The summed E-state index contributed by atoms with van der Waals surface area (Å²) in [6, 6.07) is 19.4. The molecule has 1 aliphatic heterocycles. The maximum atomic E-state index is 13.1. The Balaban J connectivity index is 1.34. The number of hydrogen-bond donors (Lipinski definition) is 0. The number of fused-ring (bicyclic) bond motifs is 2. The number of carbonyl (C=O) groups excluding carboxylic acids is 1. The number of benzene rings is 3. The van der Waals surface area contributed by atoms with E-state index in [1.165, 1.54) is 0 Å². The van der Waals surface area contributed by atoms with Crippen LogP contribution in [0.4, 0.5) is 0 Å². The second-order valence-electron chi connectivity index (χ2n) is 7.26. The molecule has 3 aromatic carbocycles. The standard InChI is InChI=1S/C23H19ClN2O2/c24-17-8-9-21-20(14-17)25-22(28-21)16-10-12-26(13-11-16)23(27)19-7-3-5-15-4-1-2-6-18(15)19/h1-9,14,16H,10-13H2. The number of carbonyl (C=O) groups is 1. The minimum atomic E-state index is 0.0968. The highest BCUT2D eigenvalue weighted by Crippen LogP contribution is 2.31. The second kappa shape index (κ2) is 6.95. The summed E-state index contributed by atoms with van der Waals surface area (Å²) in [7, 11) is 0. The maximum Gasteiger partial charge on any atom is 0.254 e. The summed E-state index contributed by atoms with van der Waals surface area (Å²) in [5.41, 5.74) is 2.32. The molecule has 0 N–H and O–H groups in total. The van der Waals surface area contributed by atoms with Crippen molar-refractivity contribution < 1.29 is 9.21 Å². The number of nitrogens with zero attached hydrogens (tertiary/aromatic N) is 2. The first-order valence-electron chi connectivity index (χ1n) is 9.52. The number of rotatable bonds is 2. The highest BCUT2D eigenvalue weighted by molar-refractivity contribution is 6.31. The molecule has 1 amide bonds. The van der Waals surface area contributed by atoms with Crippen LogP contribution in [-0.2, 0) is 0 Å². The molecule has 0 atom stereocenters. The quantitative estimate of drug-likeness (QED) is 0.444. The Bertz CT molecular complexity index is 1170. The summed E-state index contributed by atoms with van der Waals surface area (Å²) in [5, 5.41) is 2.75. The van der Waals surface area contributed by atoms with E-state index in [9.17, 15) is 4.79 Å². The molecule has 2 heterocycles. The first kappa shape index (κ1) is 17.3. The van der Waals surface area contributed by atoms with E-state index in [1.807, 2.05) is 65.6 Å². The van der Waals surface area contributed by atoms with E-state index >= 15 is 0 Å². The predicted molar refractivity (Wildman–Crippen MR) is 111 cm³/mol. The van der Waals surface area contributed by atoms with Crippen molar-refractivity contribution in [3.05, 3.63) is 77.1 Å². The molecule has 0 spiro atoms. The lowest BCUT2D eigenvalue weighted by atomic mass is 9.95. The molecule has 1 aliphatic rings. The molecule has 0 aliphatic carbocycles. The lowest BCUT2D eigenvalue weighted by Gasteiger charge is -2.31. The van der Waals surface area contributed by atoms with Crippen molar-refractivity contribution in [1.82, 2.24) is 9.88 Å². The van der Waals surface area contributed by atoms with Gasteiger partial charge in [0.2, 0.25) is 0 Å². The van der Waals surface area contributed by atoms with Gasteiger partial charge in [0.25, 0.3) is 5.91 Å². The SMILES string of the molecule is O=C(c1cccc2ccccc12)N1CCC(c2nc3cc(Cl)ccc3o2)CC1. The molecule has 5 rings (SSSR count). The van der Waals surface area contributed by atoms with Crippen LogP contribution < -0.4 is 0 Å². The van der Waals surface area contributed by atoms with E-state index in [0.29, 0.717) is 18.1 Å². The first-order valence-corrected chi connectivity index (χ1v) is 9.90. The summed E-state index contributed by atoms with van der Waals surface area (Å²) in [5.74, 6) is 1.07. The van der Waals surface area contributed by atoms with Crippen molar-refractivity contribution in [2.45, 2.75) is 18.8 Å². The Kier molecular flexibility index (Phi) is 4.29. The molecule has 4 nitrogen and oxygen atoms in total. The number of oxazole rings is 1. The molecule has 28 heavy (non-hydrogen) atoms. The largest absolute Gasteiger partial charge is 0.440 e. The molecule has 0 radical (unpaired) electrons. The van der Waals surface area contributed by atoms with Crippen molar-refractivity contribution >= 4 is 39.4 Å². The molecule has 5 heteroatoms. The zero-order valence-corrected chi connectivity index (χ0v) is 16.0. The van der Waals surface area contributed by atoms with Gasteiger partial charge in [0.05, 0.1) is 0 Å². The molecular weight excluding hydrogens is 372 g/mol. The average molecular weight is 391 g/mol. The Labute approximate surface area is 167 Å². The number of aromatic nitrogens is 1. The van der Waals surface area contributed by atoms with Gasteiger partial charge in [-0.2, -0.15) is 0 Å². The van der Waals surface area contributed by atoms with Gasteiger partial charge in [-0.05, 0) is 47.9 Å². The minimum Gasteiger partial charge on any atom is -0.440 e. The second-order valence-corrected chi connectivity index (χ2v) is 7.69. The molecule has 4 aromatic rings. The minimum absolute atomic E-state index is 0.0968. The molecule has 140 valence electrons. The van der Waals surface area contributed by atoms with E-state index in [4.69, 9.17) is 16.0 Å². The summed E-state index contributed by atoms with van der Waals surface area (Å²) < 4.78 is 5.93. The van der Waals surface area contributed by atoms with Gasteiger partial charge in [0, 0.05) is 29.6 Å². The van der Waals surface area contributed by atoms with Crippen LogP contribution in [0.25, 0.3) is 21.9 Å². The van der Waals surface area contributed by atoms with Gasteiger partial charge >= 0.3 is 0 Å². The molecule has 1 aromatic heterocycles. The van der Waals surface area contributed by atoms with E-state index in [0.717, 1.165) is 46.2 Å². The average Bonchev–Trinajstić information content (AvgIpc) is 3.16. The van der Waals surface area contributed by atoms with E-state index < -0.39 is 0 Å². The lowest BCUT2D eigenvalue weighted by molar-refractivity contribution is 0.0708. The fraction of sp³-hybridized carbons (Fsp3) is 0.217. The van der Waals surface area contributed by atoms with Crippen molar-refractivity contribution in [3.8, 4) is 0 Å². The van der Waals surface area contributed by atoms with Crippen LogP contribution in [0.5, 0.6) is 0 Å². The number of halogens is 1. The normalized spacial score (nSPS) is 15.4. The Morgan fingerprint density at radius 3 is 2.68 bits per heavy atom. The van der Waals surface area contributed by atoms with Gasteiger partial charge in [-0.1, -0.05) is 48.0 Å². The molecule has 0 saturated carbocycles. The van der Waals surface area contributed by atoms with E-state index in [2.05, 4.69) is 4.98 Å². The predicted octanol–water partition coefficient (Wildman–Crippen LogP) is 5.65. The third-order valence-corrected chi connectivity index (χ3v) is 5.75. The van der Waals surface area contributed by atoms with Crippen molar-refractivity contribution in [2.75, 3.05) is 13.1 Å². The number of amides is 1. The third kappa shape index (κ3) is 3.04. The maximum absolute atomic E-state index is 13.1. The summed E-state index contributed by atoms with van der Waals surface area (Å²) in [4.78, 5) is 19.7. The van der Waals surface area contributed by atoms with Crippen LogP contribution in [0.3, 0.4) is 0 Å². The van der Waals surface area contributed by atoms with E-state index in [1.54, 1.807) is 0 Å². The van der Waals surface area contributed by atoms with Gasteiger partial charge in [-0.15, -0.1) is 0 Å². The van der Waals surface area contributed by atoms with Gasteiger partial charge in [0.1, 0.15) is 5.52 Å². The number of hydrogen-bond acceptors (Lipinski definition) is 3. The monoisotopic (exact) mass is 390 g/mol. The van der Waals surface area contributed by atoms with E-state index in [-0.39, 0.29) is 11.8 Å². The van der Waals surface area contributed by atoms with Crippen molar-refractivity contribution in [1.29, 1.82) is 0 Å². The summed E-state index contributed by atoms with van der Waals surface area (Å²) in [6.07, 6.45) is 1.69. The zero-order chi connectivity index (χ0) is 19.1. The fourth-order valence-corrected chi connectivity index (χ4v) is 4.17. The molecular formula is C23H19ClN2O2. The Morgan fingerprint density at radius 1 is 1.04 bits per heavy atom. The Hall–Kier alpha value is -2.85. The molecule has 0 unspecified atom stereocenters. The van der Waals surface area contributed by atoms with Gasteiger partial charge in [-0.3, -0.25) is 4.79 Å². The molecule has 0 bridgehead atoms. The Morgan fingerprint density at radius 2 is 1.82 bits per heavy atom. The highest BCUT2D eigenvalue weighted by atomic mass is 35.5. The van der Waals surface area contributed by atoms with Crippen molar-refractivity contribution in [3.63, 3.8) is 0 Å². The number of likely N-dealkylation sites (tertiary alicyclic amines) is 1. The highest BCUT2D eigenvalue weighted by Gasteiger charge is 2.28.